The summed E-state index contributed by atoms with van der Waals surface area (Å²) in [4.78, 5) is 0. The first-order chi connectivity index (χ1) is 8.83. The van der Waals surface area contributed by atoms with Gasteiger partial charge in [0.1, 0.15) is 13.2 Å². The second-order valence-corrected chi connectivity index (χ2v) is 4.85. The van der Waals surface area contributed by atoms with Gasteiger partial charge in [-0.25, -0.2) is 0 Å². The Morgan fingerprint density at radius 1 is 1.22 bits per heavy atom. The number of nitrogen functional groups attached to an aromatic ring is 1. The summed E-state index contributed by atoms with van der Waals surface area (Å²) in [6.07, 6.45) is 0. The lowest BCUT2D eigenvalue weighted by Gasteiger charge is -2.20. The van der Waals surface area contributed by atoms with Crippen LogP contribution in [0.15, 0.2) is 29.0 Å². The van der Waals surface area contributed by atoms with E-state index in [4.69, 9.17) is 15.2 Å². The molecular weight excluding hydrogens is 248 g/mol. The zero-order chi connectivity index (χ0) is 12.4. The van der Waals surface area contributed by atoms with Crippen molar-refractivity contribution in [2.75, 3.05) is 24.3 Å². The molecule has 1 aromatic carbocycles. The number of ether oxygens (including phenoxy) is 2. The Kier molecular flexibility index (Phi) is 2.98. The maximum Gasteiger partial charge on any atom is 0.163 e. The summed E-state index contributed by atoms with van der Waals surface area (Å²) in [6, 6.07) is 5.80. The van der Waals surface area contributed by atoms with Gasteiger partial charge in [0.05, 0.1) is 11.4 Å². The van der Waals surface area contributed by atoms with Gasteiger partial charge in [-0.15, -0.1) is 0 Å². The number of anilines is 2. The predicted molar refractivity (Wildman–Crippen MR) is 73.5 cm³/mol. The molecular formula is C13H14N2O2S. The van der Waals surface area contributed by atoms with Crippen LogP contribution < -0.4 is 20.5 Å². The van der Waals surface area contributed by atoms with Crippen molar-refractivity contribution in [1.82, 2.24) is 0 Å². The Balaban J connectivity index is 1.79. The quantitative estimate of drug-likeness (QED) is 0.835. The van der Waals surface area contributed by atoms with E-state index >= 15 is 0 Å². The number of benzene rings is 1. The molecule has 0 saturated carbocycles. The minimum Gasteiger partial charge on any atom is -0.486 e. The third-order valence-electron chi connectivity index (χ3n) is 2.78. The van der Waals surface area contributed by atoms with Crippen LogP contribution in [0.25, 0.3) is 0 Å². The number of nitrogens with one attached hydrogen (secondary N) is 1. The molecule has 18 heavy (non-hydrogen) atoms. The maximum absolute atomic E-state index is 5.99. The Hall–Kier alpha value is -1.88. The van der Waals surface area contributed by atoms with Gasteiger partial charge in [0, 0.05) is 18.7 Å². The van der Waals surface area contributed by atoms with E-state index in [0.717, 1.165) is 23.7 Å². The average molecular weight is 262 g/mol. The fraction of sp³-hybridized carbons (Fsp3) is 0.231. The Morgan fingerprint density at radius 2 is 2.00 bits per heavy atom. The molecule has 0 spiro atoms. The Morgan fingerprint density at radius 3 is 2.72 bits per heavy atom. The molecule has 1 aromatic heterocycles. The lowest BCUT2D eigenvalue weighted by atomic mass is 10.2. The number of nitrogens with two attached hydrogens (primary N) is 1. The summed E-state index contributed by atoms with van der Waals surface area (Å²) >= 11 is 1.69. The van der Waals surface area contributed by atoms with Gasteiger partial charge < -0.3 is 20.5 Å². The Labute approximate surface area is 109 Å². The molecule has 0 aliphatic carbocycles. The van der Waals surface area contributed by atoms with Gasteiger partial charge in [-0.2, -0.15) is 11.3 Å². The molecule has 0 atom stereocenters. The molecule has 0 saturated heterocycles. The second kappa shape index (κ2) is 4.78. The van der Waals surface area contributed by atoms with Gasteiger partial charge in [-0.1, -0.05) is 0 Å². The minimum atomic E-state index is 0.577. The molecule has 1 aliphatic rings. The summed E-state index contributed by atoms with van der Waals surface area (Å²) in [6.45, 7) is 1.92. The smallest absolute Gasteiger partial charge is 0.163 e. The molecule has 0 fully saturated rings. The minimum absolute atomic E-state index is 0.577. The third-order valence-corrected chi connectivity index (χ3v) is 3.51. The van der Waals surface area contributed by atoms with Crippen molar-refractivity contribution in [2.24, 2.45) is 0 Å². The Bertz CT molecular complexity index is 540. The summed E-state index contributed by atoms with van der Waals surface area (Å²) in [5.74, 6) is 1.48. The molecule has 94 valence electrons. The molecule has 2 heterocycles. The van der Waals surface area contributed by atoms with Crippen LogP contribution in [-0.4, -0.2) is 13.2 Å². The van der Waals surface area contributed by atoms with Gasteiger partial charge >= 0.3 is 0 Å². The van der Waals surface area contributed by atoms with Crippen LogP contribution in [0.4, 0.5) is 11.4 Å². The fourth-order valence-corrected chi connectivity index (χ4v) is 2.52. The lowest BCUT2D eigenvalue weighted by Crippen LogP contribution is -2.16. The van der Waals surface area contributed by atoms with Crippen LogP contribution in [0.1, 0.15) is 5.56 Å². The second-order valence-electron chi connectivity index (χ2n) is 4.07. The van der Waals surface area contributed by atoms with Gasteiger partial charge in [-0.3, -0.25) is 0 Å². The molecule has 4 nitrogen and oxygen atoms in total. The topological polar surface area (TPSA) is 56.5 Å². The van der Waals surface area contributed by atoms with Crippen molar-refractivity contribution in [3.05, 3.63) is 34.5 Å². The molecule has 0 radical (unpaired) electrons. The predicted octanol–water partition coefficient (Wildman–Crippen LogP) is 2.71. The largest absolute Gasteiger partial charge is 0.486 e. The van der Waals surface area contributed by atoms with Crippen LogP contribution in [0.5, 0.6) is 11.5 Å². The van der Waals surface area contributed by atoms with E-state index in [9.17, 15) is 0 Å². The van der Waals surface area contributed by atoms with Gasteiger partial charge in [0.15, 0.2) is 11.5 Å². The van der Waals surface area contributed by atoms with Crippen molar-refractivity contribution < 1.29 is 9.47 Å². The first kappa shape index (κ1) is 11.2. The summed E-state index contributed by atoms with van der Waals surface area (Å²) < 4.78 is 11.0. The van der Waals surface area contributed by atoms with Crippen LogP contribution in [0.2, 0.25) is 0 Å². The average Bonchev–Trinajstić information content (AvgIpc) is 2.89. The van der Waals surface area contributed by atoms with Crippen molar-refractivity contribution in [2.45, 2.75) is 6.54 Å². The van der Waals surface area contributed by atoms with Crippen LogP contribution >= 0.6 is 11.3 Å². The monoisotopic (exact) mass is 262 g/mol. The number of hydrogen-bond donors (Lipinski definition) is 2. The number of fused-ring (bicyclic) bond motifs is 1. The highest BCUT2D eigenvalue weighted by molar-refractivity contribution is 7.07. The molecule has 3 rings (SSSR count). The number of hydrogen-bond acceptors (Lipinski definition) is 5. The normalized spacial score (nSPS) is 13.3. The van der Waals surface area contributed by atoms with Gasteiger partial charge in [-0.05, 0) is 22.4 Å². The molecule has 5 heteroatoms. The SMILES string of the molecule is Nc1cc2c(cc1NCc1ccsc1)OCCO2. The highest BCUT2D eigenvalue weighted by atomic mass is 32.1. The van der Waals surface area contributed by atoms with E-state index < -0.39 is 0 Å². The van der Waals surface area contributed by atoms with Crippen molar-refractivity contribution >= 4 is 22.7 Å². The van der Waals surface area contributed by atoms with E-state index in [-0.39, 0.29) is 0 Å². The summed E-state index contributed by atoms with van der Waals surface area (Å²) in [7, 11) is 0. The lowest BCUT2D eigenvalue weighted by molar-refractivity contribution is 0.172. The zero-order valence-corrected chi connectivity index (χ0v) is 10.6. The number of rotatable bonds is 3. The fourth-order valence-electron chi connectivity index (χ4n) is 1.85. The molecule has 0 bridgehead atoms. The molecule has 0 unspecified atom stereocenters. The van der Waals surface area contributed by atoms with E-state index in [2.05, 4.69) is 22.1 Å². The van der Waals surface area contributed by atoms with Crippen molar-refractivity contribution in [1.29, 1.82) is 0 Å². The molecule has 3 N–H and O–H groups in total. The molecule has 2 aromatic rings. The van der Waals surface area contributed by atoms with E-state index in [1.165, 1.54) is 5.56 Å². The van der Waals surface area contributed by atoms with Crippen LogP contribution in [0, 0.1) is 0 Å². The maximum atomic E-state index is 5.99. The first-order valence-corrected chi connectivity index (χ1v) is 6.71. The van der Waals surface area contributed by atoms with Crippen LogP contribution in [0.3, 0.4) is 0 Å². The summed E-state index contributed by atoms with van der Waals surface area (Å²) in [5.41, 5.74) is 8.79. The summed E-state index contributed by atoms with van der Waals surface area (Å²) in [5, 5.41) is 7.48. The first-order valence-electron chi connectivity index (χ1n) is 5.77. The van der Waals surface area contributed by atoms with Crippen molar-refractivity contribution in [3.8, 4) is 11.5 Å². The van der Waals surface area contributed by atoms with Gasteiger partial charge in [0.2, 0.25) is 0 Å². The van der Waals surface area contributed by atoms with E-state index in [0.29, 0.717) is 18.9 Å². The van der Waals surface area contributed by atoms with Crippen molar-refractivity contribution in [3.63, 3.8) is 0 Å². The highest BCUT2D eigenvalue weighted by Crippen LogP contribution is 2.37. The molecule has 0 amide bonds. The van der Waals surface area contributed by atoms with E-state index in [1.807, 2.05) is 12.1 Å². The van der Waals surface area contributed by atoms with E-state index in [1.54, 1.807) is 11.3 Å². The zero-order valence-electron chi connectivity index (χ0n) is 9.81. The number of thiophene rings is 1. The standard InChI is InChI=1S/C13H14N2O2S/c14-10-5-12-13(17-3-2-16-12)6-11(10)15-7-9-1-4-18-8-9/h1,4-6,8,15H,2-3,7,14H2. The van der Waals surface area contributed by atoms with Crippen LogP contribution in [-0.2, 0) is 6.54 Å². The molecule has 1 aliphatic heterocycles. The highest BCUT2D eigenvalue weighted by Gasteiger charge is 2.14. The van der Waals surface area contributed by atoms with Gasteiger partial charge in [0.25, 0.3) is 0 Å². The third kappa shape index (κ3) is 2.22.